The molecule has 0 unspecified atom stereocenters. The number of benzene rings is 1. The number of nitrogens with zero attached hydrogens (tertiary/aromatic N) is 4. The lowest BCUT2D eigenvalue weighted by Gasteiger charge is -2.07. The smallest absolute Gasteiger partial charge is 0.223 e. The van der Waals surface area contributed by atoms with E-state index in [-0.39, 0.29) is 0 Å². The molecule has 4 aromatic heterocycles. The molecule has 5 aromatic rings. The highest BCUT2D eigenvalue weighted by molar-refractivity contribution is 5.99. The Bertz CT molecular complexity index is 1350. The van der Waals surface area contributed by atoms with Crippen LogP contribution in [0.2, 0.25) is 0 Å². The molecule has 2 N–H and O–H groups in total. The minimum atomic E-state index is 0.513. The van der Waals surface area contributed by atoms with Crippen molar-refractivity contribution in [3.05, 3.63) is 67.3 Å². The Hall–Kier alpha value is -3.80. The number of fused-ring (bicyclic) bond motifs is 2. The summed E-state index contributed by atoms with van der Waals surface area (Å²) in [5.41, 5.74) is 4.64. The van der Waals surface area contributed by atoms with Gasteiger partial charge in [-0.3, -0.25) is 4.98 Å². The first-order chi connectivity index (χ1) is 14.3. The number of aromatic nitrogens is 5. The van der Waals surface area contributed by atoms with E-state index in [0.29, 0.717) is 12.0 Å². The van der Waals surface area contributed by atoms with Gasteiger partial charge in [-0.05, 0) is 36.4 Å². The summed E-state index contributed by atoms with van der Waals surface area (Å²) >= 11 is 0. The van der Waals surface area contributed by atoms with Crippen LogP contribution < -0.4 is 5.32 Å². The number of nitrogens with one attached hydrogen (secondary N) is 2. The number of hydrogen-bond donors (Lipinski definition) is 2. The van der Waals surface area contributed by atoms with Crippen molar-refractivity contribution in [2.24, 2.45) is 0 Å². The van der Waals surface area contributed by atoms with Gasteiger partial charge in [0.15, 0.2) is 0 Å². The Morgan fingerprint density at radius 1 is 0.931 bits per heavy atom. The van der Waals surface area contributed by atoms with E-state index in [1.807, 2.05) is 42.9 Å². The van der Waals surface area contributed by atoms with Crippen LogP contribution in [0.1, 0.15) is 12.8 Å². The van der Waals surface area contributed by atoms with Crippen LogP contribution in [-0.2, 0) is 0 Å². The van der Waals surface area contributed by atoms with Crippen LogP contribution in [0.5, 0.6) is 0 Å². The van der Waals surface area contributed by atoms with Crippen molar-refractivity contribution in [3.8, 4) is 22.5 Å². The number of rotatable bonds is 4. The largest absolute Gasteiger partial charge is 0.351 e. The molecule has 1 fully saturated rings. The highest BCUT2D eigenvalue weighted by Crippen LogP contribution is 2.32. The second-order valence-corrected chi connectivity index (χ2v) is 7.39. The Kier molecular flexibility index (Phi) is 3.56. The first-order valence-electron chi connectivity index (χ1n) is 9.76. The van der Waals surface area contributed by atoms with E-state index < -0.39 is 0 Å². The molecule has 0 saturated heterocycles. The number of anilines is 1. The molecular formula is C23H18N6. The second kappa shape index (κ2) is 6.38. The van der Waals surface area contributed by atoms with Gasteiger partial charge in [0.05, 0.1) is 11.4 Å². The molecular weight excluding hydrogens is 360 g/mol. The third-order valence-electron chi connectivity index (χ3n) is 5.32. The average molecular weight is 378 g/mol. The molecule has 0 spiro atoms. The molecule has 1 aliphatic carbocycles. The van der Waals surface area contributed by atoms with E-state index in [0.717, 1.165) is 38.9 Å². The molecule has 29 heavy (non-hydrogen) atoms. The van der Waals surface area contributed by atoms with Crippen LogP contribution in [0.3, 0.4) is 0 Å². The van der Waals surface area contributed by atoms with Crippen molar-refractivity contribution in [2.75, 3.05) is 5.32 Å². The third kappa shape index (κ3) is 2.89. The molecule has 0 bridgehead atoms. The second-order valence-electron chi connectivity index (χ2n) is 7.39. The van der Waals surface area contributed by atoms with Crippen molar-refractivity contribution in [1.29, 1.82) is 0 Å². The van der Waals surface area contributed by atoms with E-state index in [9.17, 15) is 0 Å². The molecule has 0 aliphatic heterocycles. The van der Waals surface area contributed by atoms with Crippen LogP contribution in [0.4, 0.5) is 5.95 Å². The summed E-state index contributed by atoms with van der Waals surface area (Å²) in [6, 6.07) is 14.9. The molecule has 4 heterocycles. The zero-order valence-electron chi connectivity index (χ0n) is 15.6. The Labute approximate surface area is 167 Å². The SMILES string of the molecule is c1ccc2c(-c3cnc4[nH]cc(-c5ccnc(NC6CC6)n5)c4c3)nccc2c1. The van der Waals surface area contributed by atoms with Gasteiger partial charge in [0, 0.05) is 52.7 Å². The summed E-state index contributed by atoms with van der Waals surface area (Å²) in [6.07, 6.45) is 9.85. The molecule has 1 aromatic carbocycles. The predicted molar refractivity (Wildman–Crippen MR) is 115 cm³/mol. The van der Waals surface area contributed by atoms with Crippen molar-refractivity contribution in [3.63, 3.8) is 0 Å². The summed E-state index contributed by atoms with van der Waals surface area (Å²) in [4.78, 5) is 21.6. The van der Waals surface area contributed by atoms with Gasteiger partial charge in [0.2, 0.25) is 5.95 Å². The number of H-pyrrole nitrogens is 1. The Balaban J connectivity index is 1.48. The van der Waals surface area contributed by atoms with Crippen LogP contribution in [0, 0.1) is 0 Å². The molecule has 0 radical (unpaired) electrons. The molecule has 6 rings (SSSR count). The van der Waals surface area contributed by atoms with Gasteiger partial charge in [0.1, 0.15) is 5.65 Å². The Morgan fingerprint density at radius 3 is 2.76 bits per heavy atom. The lowest BCUT2D eigenvalue weighted by atomic mass is 10.0. The highest BCUT2D eigenvalue weighted by Gasteiger charge is 2.22. The maximum absolute atomic E-state index is 4.71. The van der Waals surface area contributed by atoms with Crippen molar-refractivity contribution in [2.45, 2.75) is 18.9 Å². The third-order valence-corrected chi connectivity index (χ3v) is 5.32. The molecule has 1 aliphatic rings. The fraction of sp³-hybridized carbons (Fsp3) is 0.130. The summed E-state index contributed by atoms with van der Waals surface area (Å²) in [6.45, 7) is 0. The Morgan fingerprint density at radius 2 is 1.83 bits per heavy atom. The van der Waals surface area contributed by atoms with Crippen molar-refractivity contribution in [1.82, 2.24) is 24.9 Å². The molecule has 1 saturated carbocycles. The van der Waals surface area contributed by atoms with Crippen molar-refractivity contribution < 1.29 is 0 Å². The maximum Gasteiger partial charge on any atom is 0.223 e. The van der Waals surface area contributed by atoms with Gasteiger partial charge < -0.3 is 10.3 Å². The highest BCUT2D eigenvalue weighted by atomic mass is 15.1. The van der Waals surface area contributed by atoms with Gasteiger partial charge in [-0.2, -0.15) is 0 Å². The summed E-state index contributed by atoms with van der Waals surface area (Å²) in [5, 5.41) is 6.67. The first-order valence-corrected chi connectivity index (χ1v) is 9.76. The summed E-state index contributed by atoms with van der Waals surface area (Å²) < 4.78 is 0. The van der Waals surface area contributed by atoms with E-state index in [1.54, 1.807) is 6.20 Å². The molecule has 6 heteroatoms. The van der Waals surface area contributed by atoms with E-state index in [1.165, 1.54) is 18.2 Å². The molecule has 140 valence electrons. The summed E-state index contributed by atoms with van der Waals surface area (Å²) in [5.74, 6) is 0.680. The minimum Gasteiger partial charge on any atom is -0.351 e. The lowest BCUT2D eigenvalue weighted by molar-refractivity contribution is 1.06. The van der Waals surface area contributed by atoms with E-state index in [4.69, 9.17) is 4.98 Å². The van der Waals surface area contributed by atoms with Crippen LogP contribution in [-0.4, -0.2) is 31.0 Å². The molecule has 0 atom stereocenters. The van der Waals surface area contributed by atoms with Gasteiger partial charge in [-0.25, -0.2) is 15.0 Å². The molecule has 0 amide bonds. The van der Waals surface area contributed by atoms with E-state index in [2.05, 4.69) is 43.5 Å². The minimum absolute atomic E-state index is 0.513. The maximum atomic E-state index is 4.71. The average Bonchev–Trinajstić information content (AvgIpc) is 3.48. The first kappa shape index (κ1) is 16.2. The molecule has 6 nitrogen and oxygen atoms in total. The fourth-order valence-electron chi connectivity index (χ4n) is 3.68. The van der Waals surface area contributed by atoms with Crippen LogP contribution in [0.15, 0.2) is 67.3 Å². The van der Waals surface area contributed by atoms with E-state index >= 15 is 0 Å². The van der Waals surface area contributed by atoms with Gasteiger partial charge in [-0.1, -0.05) is 24.3 Å². The standard InChI is InChI=1S/C23H18N6/c1-2-4-17-14(3-1)7-9-24-21(17)15-11-18-19(13-27-22(18)26-12-15)20-8-10-25-23(29-20)28-16-5-6-16/h1-4,7-13,16H,5-6H2,(H,26,27)(H,25,28,29). The lowest BCUT2D eigenvalue weighted by Crippen LogP contribution is -2.05. The normalized spacial score (nSPS) is 13.8. The monoisotopic (exact) mass is 378 g/mol. The number of aromatic amines is 1. The fourth-order valence-corrected chi connectivity index (χ4v) is 3.68. The number of pyridine rings is 2. The van der Waals surface area contributed by atoms with Crippen LogP contribution >= 0.6 is 0 Å². The topological polar surface area (TPSA) is 79.4 Å². The summed E-state index contributed by atoms with van der Waals surface area (Å²) in [7, 11) is 0. The van der Waals surface area contributed by atoms with Crippen molar-refractivity contribution >= 4 is 27.8 Å². The van der Waals surface area contributed by atoms with Gasteiger partial charge in [0.25, 0.3) is 0 Å². The quantitative estimate of drug-likeness (QED) is 0.469. The zero-order chi connectivity index (χ0) is 19.2. The predicted octanol–water partition coefficient (Wildman–Crippen LogP) is 4.81. The number of hydrogen-bond acceptors (Lipinski definition) is 5. The zero-order valence-corrected chi connectivity index (χ0v) is 15.6. The van der Waals surface area contributed by atoms with Gasteiger partial charge in [-0.15, -0.1) is 0 Å². The van der Waals surface area contributed by atoms with Crippen LogP contribution in [0.25, 0.3) is 44.3 Å². The van der Waals surface area contributed by atoms with Gasteiger partial charge >= 0.3 is 0 Å².